The van der Waals surface area contributed by atoms with Gasteiger partial charge in [-0.15, -0.1) is 0 Å². The van der Waals surface area contributed by atoms with Crippen molar-refractivity contribution in [2.45, 2.75) is 57.3 Å². The third-order valence-corrected chi connectivity index (χ3v) is 7.33. The molecule has 0 saturated heterocycles. The first-order valence-electron chi connectivity index (χ1n) is 12.5. The number of hydrogen-bond acceptors (Lipinski definition) is 5. The molecule has 1 heterocycles. The van der Waals surface area contributed by atoms with Crippen molar-refractivity contribution in [2.24, 2.45) is 5.92 Å². The zero-order chi connectivity index (χ0) is 26.2. The Morgan fingerprint density at radius 1 is 0.946 bits per heavy atom. The van der Waals surface area contributed by atoms with E-state index < -0.39 is 11.9 Å². The van der Waals surface area contributed by atoms with Crippen LogP contribution in [-0.2, 0) is 22.6 Å². The van der Waals surface area contributed by atoms with Gasteiger partial charge < -0.3 is 15.2 Å². The molecule has 0 amide bonds. The van der Waals surface area contributed by atoms with E-state index in [2.05, 4.69) is 10.3 Å². The van der Waals surface area contributed by atoms with E-state index in [0.29, 0.717) is 12.6 Å². The number of carboxylic acid groups (broad SMARTS) is 1. The van der Waals surface area contributed by atoms with Crippen LogP contribution in [0.25, 0.3) is 0 Å². The highest BCUT2D eigenvalue weighted by Gasteiger charge is 2.25. The predicted molar refractivity (Wildman–Crippen MR) is 145 cm³/mol. The molecule has 6 nitrogen and oxygen atoms in total. The summed E-state index contributed by atoms with van der Waals surface area (Å²) in [4.78, 5) is 28.9. The summed E-state index contributed by atoms with van der Waals surface area (Å²) in [6.45, 7) is 0.509. The van der Waals surface area contributed by atoms with E-state index >= 15 is 0 Å². The molecule has 1 atom stereocenters. The quantitative estimate of drug-likeness (QED) is 0.258. The summed E-state index contributed by atoms with van der Waals surface area (Å²) >= 11 is 12.2. The summed E-state index contributed by atoms with van der Waals surface area (Å²) in [6.07, 6.45) is 6.13. The van der Waals surface area contributed by atoms with Crippen LogP contribution in [0.15, 0.2) is 66.9 Å². The Morgan fingerprint density at radius 2 is 1.62 bits per heavy atom. The van der Waals surface area contributed by atoms with Crippen molar-refractivity contribution in [1.82, 2.24) is 4.98 Å². The van der Waals surface area contributed by atoms with Crippen LogP contribution >= 0.6 is 23.2 Å². The van der Waals surface area contributed by atoms with Gasteiger partial charge in [0.05, 0.1) is 34.2 Å². The Morgan fingerprint density at radius 3 is 2.24 bits per heavy atom. The van der Waals surface area contributed by atoms with Crippen LogP contribution in [0.5, 0.6) is 0 Å². The second-order valence-electron chi connectivity index (χ2n) is 9.42. The van der Waals surface area contributed by atoms with E-state index in [1.807, 2.05) is 42.5 Å². The molecule has 37 heavy (non-hydrogen) atoms. The maximum atomic E-state index is 12.7. The second kappa shape index (κ2) is 13.0. The predicted octanol–water partition coefficient (Wildman–Crippen LogP) is 6.84. The molecule has 0 aliphatic heterocycles. The fraction of sp³-hybridized carbons (Fsp3) is 0.345. The van der Waals surface area contributed by atoms with Gasteiger partial charge in [-0.05, 0) is 67.5 Å². The average Bonchev–Trinajstić information content (AvgIpc) is 2.89. The van der Waals surface area contributed by atoms with Crippen molar-refractivity contribution in [3.8, 4) is 0 Å². The van der Waals surface area contributed by atoms with Crippen molar-refractivity contribution >= 4 is 40.8 Å². The lowest BCUT2D eigenvalue weighted by Crippen LogP contribution is -2.30. The van der Waals surface area contributed by atoms with Gasteiger partial charge in [-0.1, -0.05) is 59.6 Å². The molecule has 2 N–H and O–H groups in total. The fourth-order valence-corrected chi connectivity index (χ4v) is 5.25. The van der Waals surface area contributed by atoms with Crippen molar-refractivity contribution in [3.63, 3.8) is 0 Å². The Labute approximate surface area is 227 Å². The van der Waals surface area contributed by atoms with Gasteiger partial charge in [0.1, 0.15) is 5.82 Å². The van der Waals surface area contributed by atoms with Crippen LogP contribution in [0.2, 0.25) is 10.0 Å². The SMILES string of the molecule is O=C(CC(Cc1ccc(COC2CCC(Nc3ccccn3)CC2)cc1)C(=O)O)c1c(Cl)cccc1Cl. The van der Waals surface area contributed by atoms with E-state index in [1.54, 1.807) is 24.4 Å². The largest absolute Gasteiger partial charge is 0.481 e. The summed E-state index contributed by atoms with van der Waals surface area (Å²) in [7, 11) is 0. The van der Waals surface area contributed by atoms with Gasteiger partial charge >= 0.3 is 5.97 Å². The average molecular weight is 541 g/mol. The highest BCUT2D eigenvalue weighted by atomic mass is 35.5. The number of hydrogen-bond donors (Lipinski definition) is 2. The van der Waals surface area contributed by atoms with E-state index in [-0.39, 0.29) is 40.3 Å². The molecule has 194 valence electrons. The topological polar surface area (TPSA) is 88.5 Å². The molecule has 0 spiro atoms. The highest BCUT2D eigenvalue weighted by Crippen LogP contribution is 2.28. The van der Waals surface area contributed by atoms with Gasteiger partial charge in [-0.3, -0.25) is 9.59 Å². The minimum Gasteiger partial charge on any atom is -0.481 e. The van der Waals surface area contributed by atoms with Crippen molar-refractivity contribution < 1.29 is 19.4 Å². The number of benzene rings is 2. The van der Waals surface area contributed by atoms with Gasteiger partial charge in [0.2, 0.25) is 0 Å². The number of aromatic nitrogens is 1. The minimum atomic E-state index is -1.03. The summed E-state index contributed by atoms with van der Waals surface area (Å²) < 4.78 is 6.14. The first kappa shape index (κ1) is 27.1. The number of nitrogens with zero attached hydrogens (tertiary/aromatic N) is 1. The summed E-state index contributed by atoms with van der Waals surface area (Å²) in [5, 5.41) is 13.6. The number of pyridine rings is 1. The van der Waals surface area contributed by atoms with Gasteiger partial charge in [0.15, 0.2) is 5.78 Å². The minimum absolute atomic E-state index is 0.172. The number of carbonyl (C=O) groups excluding carboxylic acids is 1. The van der Waals surface area contributed by atoms with Crippen molar-refractivity contribution in [2.75, 3.05) is 5.32 Å². The Bertz CT molecular complexity index is 1180. The molecule has 1 aromatic heterocycles. The van der Waals surface area contributed by atoms with Crippen LogP contribution in [0.4, 0.5) is 5.82 Å². The van der Waals surface area contributed by atoms with Gasteiger partial charge in [-0.25, -0.2) is 4.98 Å². The lowest BCUT2D eigenvalue weighted by atomic mass is 9.91. The number of aliphatic carboxylic acids is 1. The first-order valence-corrected chi connectivity index (χ1v) is 13.2. The maximum Gasteiger partial charge on any atom is 0.307 e. The van der Waals surface area contributed by atoms with E-state index in [4.69, 9.17) is 27.9 Å². The Kier molecular flexibility index (Phi) is 9.56. The normalized spacial score (nSPS) is 18.2. The summed E-state index contributed by atoms with van der Waals surface area (Å²) in [5.41, 5.74) is 2.05. The zero-order valence-corrected chi connectivity index (χ0v) is 21.9. The monoisotopic (exact) mass is 540 g/mol. The molecular formula is C29H30Cl2N2O4. The first-order chi connectivity index (χ1) is 17.9. The van der Waals surface area contributed by atoms with Crippen LogP contribution in [-0.4, -0.2) is 34.0 Å². The van der Waals surface area contributed by atoms with Gasteiger partial charge in [0.25, 0.3) is 0 Å². The lowest BCUT2D eigenvalue weighted by molar-refractivity contribution is -0.141. The molecule has 4 rings (SSSR count). The van der Waals surface area contributed by atoms with Crippen LogP contribution in [0, 0.1) is 5.92 Å². The Balaban J connectivity index is 1.25. The van der Waals surface area contributed by atoms with E-state index in [9.17, 15) is 14.7 Å². The number of anilines is 1. The highest BCUT2D eigenvalue weighted by molar-refractivity contribution is 6.39. The molecule has 2 aromatic carbocycles. The molecule has 1 aliphatic rings. The number of rotatable bonds is 11. The summed E-state index contributed by atoms with van der Waals surface area (Å²) in [5.74, 6) is -1.37. The molecule has 3 aromatic rings. The third-order valence-electron chi connectivity index (χ3n) is 6.70. The van der Waals surface area contributed by atoms with E-state index in [0.717, 1.165) is 42.6 Å². The fourth-order valence-electron chi connectivity index (χ4n) is 4.64. The standard InChI is InChI=1S/C29H30Cl2N2O4/c30-24-4-3-5-25(31)28(24)26(34)17-21(29(35)36)16-19-7-9-20(10-8-19)18-37-23-13-11-22(12-14-23)33-27-6-1-2-15-32-27/h1-10,15,21-23H,11-14,16-18H2,(H,32,33)(H,35,36). The molecule has 1 aliphatic carbocycles. The second-order valence-corrected chi connectivity index (χ2v) is 10.2. The molecule has 1 unspecified atom stereocenters. The van der Waals surface area contributed by atoms with Crippen molar-refractivity contribution in [3.05, 3.63) is 93.6 Å². The van der Waals surface area contributed by atoms with Gasteiger partial charge in [-0.2, -0.15) is 0 Å². The number of ketones is 1. The molecule has 8 heteroatoms. The molecule has 1 fully saturated rings. The van der Waals surface area contributed by atoms with Crippen LogP contribution in [0.1, 0.15) is 53.6 Å². The van der Waals surface area contributed by atoms with Gasteiger partial charge in [0, 0.05) is 18.7 Å². The molecule has 0 bridgehead atoms. The van der Waals surface area contributed by atoms with Crippen LogP contribution < -0.4 is 5.32 Å². The molecule has 1 saturated carbocycles. The number of nitrogens with one attached hydrogen (secondary N) is 1. The number of carboxylic acids is 1. The third kappa shape index (κ3) is 7.78. The Hall–Kier alpha value is -2.93. The maximum absolute atomic E-state index is 12.7. The number of halogens is 2. The lowest BCUT2D eigenvalue weighted by Gasteiger charge is -2.29. The van der Waals surface area contributed by atoms with E-state index in [1.165, 1.54) is 0 Å². The number of ether oxygens (including phenoxy) is 1. The number of Topliss-reactive ketones (excluding diaryl/α,β-unsaturated/α-hetero) is 1. The number of carbonyl (C=O) groups is 2. The zero-order valence-electron chi connectivity index (χ0n) is 20.4. The smallest absolute Gasteiger partial charge is 0.307 e. The van der Waals surface area contributed by atoms with Crippen molar-refractivity contribution in [1.29, 1.82) is 0 Å². The summed E-state index contributed by atoms with van der Waals surface area (Å²) in [6, 6.07) is 18.8. The van der Waals surface area contributed by atoms with Crippen LogP contribution in [0.3, 0.4) is 0 Å². The molecule has 0 radical (unpaired) electrons. The molecular weight excluding hydrogens is 511 g/mol.